The molecule has 0 aromatic heterocycles. The van der Waals surface area contributed by atoms with Crippen molar-refractivity contribution in [1.29, 1.82) is 0 Å². The van der Waals surface area contributed by atoms with Crippen molar-refractivity contribution in [1.82, 2.24) is 4.41 Å². The van der Waals surface area contributed by atoms with Crippen LogP contribution in [0.25, 0.3) is 0 Å². The lowest BCUT2D eigenvalue weighted by Gasteiger charge is -2.16. The molecule has 1 aromatic carbocycles. The van der Waals surface area contributed by atoms with Gasteiger partial charge in [0.2, 0.25) is 0 Å². The molecule has 2 rings (SSSR count). The Balaban J connectivity index is 2.54. The average Bonchev–Trinajstić information content (AvgIpc) is 2.78. The summed E-state index contributed by atoms with van der Waals surface area (Å²) in [7, 11) is 0.00287. The number of benzene rings is 1. The van der Waals surface area contributed by atoms with Gasteiger partial charge in [-0.05, 0) is 11.5 Å². The fraction of sp³-hybridized carbons (Fsp3) is 0.429. The molecular formula is C14H19ClN2S. The lowest BCUT2D eigenvalue weighted by atomic mass is 10.00. The highest BCUT2D eigenvalue weighted by Gasteiger charge is 2.26. The van der Waals surface area contributed by atoms with E-state index in [9.17, 15) is 0 Å². The second-order valence-corrected chi connectivity index (χ2v) is 6.84. The van der Waals surface area contributed by atoms with E-state index in [-0.39, 0.29) is 10.7 Å². The van der Waals surface area contributed by atoms with Gasteiger partial charge < -0.3 is 0 Å². The van der Waals surface area contributed by atoms with Crippen LogP contribution in [0.15, 0.2) is 35.4 Å². The van der Waals surface area contributed by atoms with Gasteiger partial charge in [-0.25, -0.2) is 4.41 Å². The minimum Gasteiger partial charge on any atom is -0.230 e. The fourth-order valence-electron chi connectivity index (χ4n) is 2.07. The predicted molar refractivity (Wildman–Crippen MR) is 83.5 cm³/mol. The number of rotatable bonds is 4. The first-order valence-electron chi connectivity index (χ1n) is 6.24. The Hall–Kier alpha value is -0.800. The number of alkyl halides is 1. The van der Waals surface area contributed by atoms with Crippen LogP contribution in [0.4, 0.5) is 0 Å². The van der Waals surface area contributed by atoms with Crippen LogP contribution in [-0.4, -0.2) is 26.7 Å². The summed E-state index contributed by atoms with van der Waals surface area (Å²) in [6, 6.07) is 11.0. The minimum absolute atomic E-state index is 0.00287. The van der Waals surface area contributed by atoms with Gasteiger partial charge in [0.15, 0.2) is 0 Å². The Morgan fingerprint density at radius 3 is 2.44 bits per heavy atom. The third-order valence-corrected chi connectivity index (χ3v) is 5.45. The van der Waals surface area contributed by atoms with Gasteiger partial charge in [-0.15, -0.1) is 11.6 Å². The Morgan fingerprint density at radius 2 is 1.94 bits per heavy atom. The van der Waals surface area contributed by atoms with Crippen molar-refractivity contribution < 1.29 is 0 Å². The number of hydrogen-bond donors (Lipinski definition) is 0. The van der Waals surface area contributed by atoms with E-state index in [1.165, 1.54) is 16.1 Å². The van der Waals surface area contributed by atoms with Gasteiger partial charge >= 0.3 is 0 Å². The molecule has 0 fully saturated rings. The predicted octanol–water partition coefficient (Wildman–Crippen LogP) is 3.93. The van der Waals surface area contributed by atoms with Crippen LogP contribution in [0, 0.1) is 5.92 Å². The van der Waals surface area contributed by atoms with Crippen LogP contribution in [0.3, 0.4) is 0 Å². The van der Waals surface area contributed by atoms with Gasteiger partial charge in [-0.2, -0.15) is 5.10 Å². The molecule has 4 heteroatoms. The van der Waals surface area contributed by atoms with Crippen molar-refractivity contribution in [2.24, 2.45) is 11.0 Å². The van der Waals surface area contributed by atoms with Gasteiger partial charge in [0, 0.05) is 10.6 Å². The molecule has 1 aromatic rings. The summed E-state index contributed by atoms with van der Waals surface area (Å²) in [6.45, 7) is 6.58. The smallest absolute Gasteiger partial charge is 0.121 e. The first-order chi connectivity index (χ1) is 8.69. The molecule has 18 heavy (non-hydrogen) atoms. The molecule has 1 aliphatic rings. The lowest BCUT2D eigenvalue weighted by molar-refractivity contribution is 0.585. The van der Waals surface area contributed by atoms with Crippen LogP contribution in [0.2, 0.25) is 0 Å². The molecule has 0 amide bonds. The van der Waals surface area contributed by atoms with E-state index in [0.29, 0.717) is 11.9 Å². The first-order valence-corrected chi connectivity index (χ1v) is 8.13. The van der Waals surface area contributed by atoms with Crippen molar-refractivity contribution in [3.8, 4) is 0 Å². The Morgan fingerprint density at radius 1 is 1.28 bits per heavy atom. The largest absolute Gasteiger partial charge is 0.230 e. The molecule has 0 N–H and O–H groups in total. The van der Waals surface area contributed by atoms with Crippen molar-refractivity contribution in [3.63, 3.8) is 0 Å². The standard InChI is InChI=1S/C14H19ClN2S/c1-4-18-14(12-8-6-5-7-9-12)13(11(2)3)16-17(18)10-15/h5-9,11H,4,10H2,1-3H3. The summed E-state index contributed by atoms with van der Waals surface area (Å²) in [5.41, 5.74) is 2.47. The molecule has 0 saturated carbocycles. The van der Waals surface area contributed by atoms with Crippen LogP contribution in [0.5, 0.6) is 0 Å². The van der Waals surface area contributed by atoms with Crippen molar-refractivity contribution >= 4 is 32.8 Å². The van der Waals surface area contributed by atoms with Crippen molar-refractivity contribution in [3.05, 3.63) is 35.9 Å². The highest BCUT2D eigenvalue weighted by atomic mass is 35.5. The van der Waals surface area contributed by atoms with E-state index >= 15 is 0 Å². The maximum Gasteiger partial charge on any atom is 0.121 e. The molecule has 98 valence electrons. The Bertz CT molecular complexity index is 480. The molecule has 1 heterocycles. The highest BCUT2D eigenvalue weighted by molar-refractivity contribution is 8.15. The van der Waals surface area contributed by atoms with Crippen molar-refractivity contribution in [2.75, 3.05) is 11.8 Å². The molecular weight excluding hydrogens is 264 g/mol. The number of hydrazone groups is 1. The normalized spacial score (nSPS) is 19.6. The molecule has 0 radical (unpaired) electrons. The SMILES string of the molecule is CCS1=C(c2ccccc2)C(C(C)C)=NN1CCl. The second-order valence-electron chi connectivity index (χ2n) is 4.46. The summed E-state index contributed by atoms with van der Waals surface area (Å²) in [4.78, 5) is 1.37. The third-order valence-electron chi connectivity index (χ3n) is 2.90. The molecule has 1 unspecified atom stereocenters. The minimum atomic E-state index is 0.00287. The Labute approximate surface area is 117 Å². The summed E-state index contributed by atoms with van der Waals surface area (Å²) < 4.78 is 2.03. The topological polar surface area (TPSA) is 15.6 Å². The highest BCUT2D eigenvalue weighted by Crippen LogP contribution is 2.33. The molecule has 1 atom stereocenters. The Kier molecular flexibility index (Phi) is 4.46. The van der Waals surface area contributed by atoms with E-state index in [4.69, 9.17) is 16.7 Å². The number of nitrogens with zero attached hydrogens (tertiary/aromatic N) is 2. The second kappa shape index (κ2) is 5.89. The maximum atomic E-state index is 6.02. The summed E-state index contributed by atoms with van der Waals surface area (Å²) in [6.07, 6.45) is 0. The molecule has 2 nitrogen and oxygen atoms in total. The summed E-state index contributed by atoms with van der Waals surface area (Å²) >= 11 is 6.02. The molecule has 0 spiro atoms. The molecule has 0 aliphatic carbocycles. The summed E-state index contributed by atoms with van der Waals surface area (Å²) in [5, 5.41) is 4.71. The fourth-order valence-corrected chi connectivity index (χ4v) is 4.51. The van der Waals surface area contributed by atoms with Crippen LogP contribution < -0.4 is 0 Å². The van der Waals surface area contributed by atoms with Crippen LogP contribution >= 0.6 is 22.3 Å². The van der Waals surface area contributed by atoms with Gasteiger partial charge in [0.25, 0.3) is 0 Å². The van der Waals surface area contributed by atoms with E-state index in [0.717, 1.165) is 5.75 Å². The maximum absolute atomic E-state index is 6.02. The zero-order chi connectivity index (χ0) is 13.1. The third kappa shape index (κ3) is 2.47. The van der Waals surface area contributed by atoms with Crippen LogP contribution in [-0.2, 0) is 0 Å². The van der Waals surface area contributed by atoms with E-state index in [1.54, 1.807) is 0 Å². The van der Waals surface area contributed by atoms with Gasteiger partial charge in [-0.1, -0.05) is 61.8 Å². The zero-order valence-corrected chi connectivity index (χ0v) is 12.6. The first kappa shape index (κ1) is 13.6. The van der Waals surface area contributed by atoms with Crippen LogP contribution in [0.1, 0.15) is 26.3 Å². The molecule has 1 aliphatic heterocycles. The van der Waals surface area contributed by atoms with E-state index in [2.05, 4.69) is 51.1 Å². The van der Waals surface area contributed by atoms with Gasteiger partial charge in [0.1, 0.15) is 6.00 Å². The van der Waals surface area contributed by atoms with Gasteiger partial charge in [-0.3, -0.25) is 0 Å². The van der Waals surface area contributed by atoms with E-state index < -0.39 is 0 Å². The number of halogens is 1. The molecule has 0 saturated heterocycles. The quantitative estimate of drug-likeness (QED) is 0.464. The van der Waals surface area contributed by atoms with E-state index in [1.807, 2.05) is 4.41 Å². The molecule has 0 bridgehead atoms. The summed E-state index contributed by atoms with van der Waals surface area (Å²) in [5.74, 6) is 1.48. The van der Waals surface area contributed by atoms with Crippen molar-refractivity contribution in [2.45, 2.75) is 20.8 Å². The van der Waals surface area contributed by atoms with Gasteiger partial charge in [0.05, 0.1) is 5.71 Å². The lowest BCUT2D eigenvalue weighted by Crippen LogP contribution is -2.18. The average molecular weight is 283 g/mol. The monoisotopic (exact) mass is 282 g/mol. The number of hydrogen-bond acceptors (Lipinski definition) is 2. The zero-order valence-electron chi connectivity index (χ0n) is 11.1.